The Balaban J connectivity index is 1.33. The minimum Gasteiger partial charge on any atom is -0.336 e. The number of anilines is 2. The first-order valence-corrected chi connectivity index (χ1v) is 12.6. The maximum absolute atomic E-state index is 13.0. The third-order valence-corrected chi connectivity index (χ3v) is 7.73. The van der Waals surface area contributed by atoms with Crippen LogP contribution < -0.4 is 10.6 Å². The third-order valence-electron chi connectivity index (χ3n) is 6.02. The molecule has 1 aliphatic rings. The second-order valence-electron chi connectivity index (χ2n) is 8.53. The first-order chi connectivity index (χ1) is 17.0. The van der Waals surface area contributed by atoms with Gasteiger partial charge in [0.25, 0.3) is 5.91 Å². The van der Waals surface area contributed by atoms with E-state index in [0.29, 0.717) is 27.0 Å². The van der Waals surface area contributed by atoms with Gasteiger partial charge < -0.3 is 15.2 Å². The van der Waals surface area contributed by atoms with Gasteiger partial charge in [-0.05, 0) is 54.1 Å². The van der Waals surface area contributed by atoms with E-state index in [1.54, 1.807) is 30.5 Å². The summed E-state index contributed by atoms with van der Waals surface area (Å²) in [5, 5.41) is 7.51. The van der Waals surface area contributed by atoms with Gasteiger partial charge in [-0.25, -0.2) is 4.98 Å². The molecule has 0 aliphatic heterocycles. The second kappa shape index (κ2) is 9.43. The number of carbonyl (C=O) groups is 2. The molecule has 4 aromatic rings. The number of nitrogens with one attached hydrogen (secondary N) is 2. The number of pyridine rings is 1. The van der Waals surface area contributed by atoms with Crippen LogP contribution in [0.1, 0.15) is 21.8 Å². The van der Waals surface area contributed by atoms with E-state index in [1.807, 2.05) is 29.9 Å². The maximum Gasteiger partial charge on any atom is 0.257 e. The van der Waals surface area contributed by atoms with Crippen molar-refractivity contribution in [3.05, 3.63) is 87.1 Å². The second-order valence-corrected chi connectivity index (χ2v) is 11.3. The summed E-state index contributed by atoms with van der Waals surface area (Å²) in [6.45, 7) is 0. The highest BCUT2D eigenvalue weighted by atomic mass is 35.5. The number of amides is 2. The molecule has 11 heteroatoms. The minimum atomic E-state index is -1.33. The normalized spacial score (nSPS) is 18.2. The van der Waals surface area contributed by atoms with Crippen molar-refractivity contribution in [3.63, 3.8) is 0 Å². The zero-order chi connectivity index (χ0) is 25.8. The van der Waals surface area contributed by atoms with Gasteiger partial charge in [-0.1, -0.05) is 34.8 Å². The molecule has 6 nitrogen and oxygen atoms in total. The van der Waals surface area contributed by atoms with Crippen molar-refractivity contribution in [1.29, 1.82) is 0 Å². The Bertz CT molecular complexity index is 1510. The summed E-state index contributed by atoms with van der Waals surface area (Å²) in [4.78, 5) is 30.4. The molecule has 2 heterocycles. The molecule has 2 N–H and O–H groups in total. The molecule has 5 rings (SSSR count). The standard InChI is InChI=1S/C25H17Cl5N4O2/c1-34-5-4-12-8-17(11-31-22(12)34)33-23(35)18-10-16(2-3-19(18)28)32-24(36)21-20(25(21,29)30)13-6-14(26)9-15(27)7-13/h2-11,20-21H,1H3,(H,32,36)(H,33,35)/t20-,21+/m0/s1. The summed E-state index contributed by atoms with van der Waals surface area (Å²) in [5.41, 5.74) is 2.52. The molecule has 1 aliphatic carbocycles. The van der Waals surface area contributed by atoms with Gasteiger partial charge in [0, 0.05) is 40.3 Å². The molecule has 2 aromatic heterocycles. The quantitative estimate of drug-likeness (QED) is 0.242. The van der Waals surface area contributed by atoms with Gasteiger partial charge in [0.05, 0.1) is 28.4 Å². The van der Waals surface area contributed by atoms with Crippen molar-refractivity contribution in [2.75, 3.05) is 10.6 Å². The van der Waals surface area contributed by atoms with Gasteiger partial charge in [-0.2, -0.15) is 0 Å². The van der Waals surface area contributed by atoms with Crippen molar-refractivity contribution in [2.45, 2.75) is 10.3 Å². The number of alkyl halides is 2. The van der Waals surface area contributed by atoms with Crippen LogP contribution in [0.15, 0.2) is 60.9 Å². The van der Waals surface area contributed by atoms with Crippen molar-refractivity contribution in [1.82, 2.24) is 9.55 Å². The Morgan fingerprint density at radius 3 is 2.39 bits per heavy atom. The fraction of sp³-hybridized carbons (Fsp3) is 0.160. The Morgan fingerprint density at radius 2 is 1.67 bits per heavy atom. The molecule has 0 unspecified atom stereocenters. The summed E-state index contributed by atoms with van der Waals surface area (Å²) in [7, 11) is 1.89. The van der Waals surface area contributed by atoms with Crippen LogP contribution >= 0.6 is 58.0 Å². The van der Waals surface area contributed by atoms with E-state index in [1.165, 1.54) is 12.1 Å². The van der Waals surface area contributed by atoms with Crippen molar-refractivity contribution < 1.29 is 9.59 Å². The molecule has 2 atom stereocenters. The summed E-state index contributed by atoms with van der Waals surface area (Å²) in [6.07, 6.45) is 3.45. The number of aromatic nitrogens is 2. The smallest absolute Gasteiger partial charge is 0.257 e. The van der Waals surface area contributed by atoms with Crippen molar-refractivity contribution >= 4 is 92.2 Å². The molecule has 184 valence electrons. The number of benzene rings is 2. The maximum atomic E-state index is 13.0. The van der Waals surface area contributed by atoms with Gasteiger partial charge in [0.15, 0.2) is 0 Å². The number of nitrogens with zero attached hydrogens (tertiary/aromatic N) is 2. The number of halogens is 5. The molecule has 2 aromatic carbocycles. The van der Waals surface area contributed by atoms with Crippen LogP contribution in [-0.4, -0.2) is 25.7 Å². The lowest BCUT2D eigenvalue weighted by Crippen LogP contribution is -2.18. The van der Waals surface area contributed by atoms with Gasteiger partial charge in [0.2, 0.25) is 5.91 Å². The average molecular weight is 583 g/mol. The van der Waals surface area contributed by atoms with Crippen LogP contribution in [-0.2, 0) is 11.8 Å². The first kappa shape index (κ1) is 25.2. The SMILES string of the molecule is Cn1ccc2cc(NC(=O)c3cc(NC(=O)[C@H]4[C@H](c5cc(Cl)cc(Cl)c5)C4(Cl)Cl)ccc3Cl)cnc21. The summed E-state index contributed by atoms with van der Waals surface area (Å²) < 4.78 is 0.555. The molecule has 1 fully saturated rings. The van der Waals surface area contributed by atoms with E-state index in [9.17, 15) is 9.59 Å². The largest absolute Gasteiger partial charge is 0.336 e. The van der Waals surface area contributed by atoms with E-state index in [0.717, 1.165) is 11.0 Å². The van der Waals surface area contributed by atoms with Crippen molar-refractivity contribution in [3.8, 4) is 0 Å². The van der Waals surface area contributed by atoms with Gasteiger partial charge in [-0.15, -0.1) is 23.2 Å². The highest BCUT2D eigenvalue weighted by Crippen LogP contribution is 2.65. The molecular formula is C25H17Cl5N4O2. The Hall–Kier alpha value is -2.48. The highest BCUT2D eigenvalue weighted by molar-refractivity contribution is 6.53. The monoisotopic (exact) mass is 580 g/mol. The lowest BCUT2D eigenvalue weighted by Gasteiger charge is -2.10. The summed E-state index contributed by atoms with van der Waals surface area (Å²) in [6, 6.07) is 13.3. The summed E-state index contributed by atoms with van der Waals surface area (Å²) >= 11 is 31.4. The van der Waals surface area contributed by atoms with Crippen molar-refractivity contribution in [2.24, 2.45) is 13.0 Å². The Morgan fingerprint density at radius 1 is 0.944 bits per heavy atom. The zero-order valence-corrected chi connectivity index (χ0v) is 22.3. The number of aryl methyl sites for hydroxylation is 1. The predicted octanol–water partition coefficient (Wildman–Crippen LogP) is 7.31. The van der Waals surface area contributed by atoms with Crippen LogP contribution in [0.25, 0.3) is 11.0 Å². The molecule has 0 radical (unpaired) electrons. The topological polar surface area (TPSA) is 76.0 Å². The van der Waals surface area contributed by atoms with E-state index in [4.69, 9.17) is 58.0 Å². The third kappa shape index (κ3) is 4.76. The fourth-order valence-corrected chi connectivity index (χ4v) is 5.82. The van der Waals surface area contributed by atoms with E-state index in [2.05, 4.69) is 15.6 Å². The van der Waals surface area contributed by atoms with Gasteiger partial charge in [-0.3, -0.25) is 9.59 Å². The van der Waals surface area contributed by atoms with Crippen LogP contribution in [0.2, 0.25) is 15.1 Å². The number of hydrogen-bond acceptors (Lipinski definition) is 3. The molecule has 0 spiro atoms. The van der Waals surface area contributed by atoms with E-state index < -0.39 is 28.0 Å². The number of fused-ring (bicyclic) bond motifs is 1. The van der Waals surface area contributed by atoms with Crippen LogP contribution in [0.3, 0.4) is 0 Å². The number of rotatable bonds is 5. The van der Waals surface area contributed by atoms with Crippen LogP contribution in [0.4, 0.5) is 11.4 Å². The highest BCUT2D eigenvalue weighted by Gasteiger charge is 2.67. The number of carbonyl (C=O) groups excluding carboxylic acids is 2. The van der Waals surface area contributed by atoms with Gasteiger partial charge in [0.1, 0.15) is 9.98 Å². The Labute approximate surface area is 231 Å². The van der Waals surface area contributed by atoms with Crippen LogP contribution in [0, 0.1) is 5.92 Å². The minimum absolute atomic E-state index is 0.180. The first-order valence-electron chi connectivity index (χ1n) is 10.7. The fourth-order valence-electron chi connectivity index (χ4n) is 4.24. The molecule has 36 heavy (non-hydrogen) atoms. The molecule has 2 amide bonds. The van der Waals surface area contributed by atoms with Crippen LogP contribution in [0.5, 0.6) is 0 Å². The molecular weight excluding hydrogens is 566 g/mol. The lowest BCUT2D eigenvalue weighted by molar-refractivity contribution is -0.117. The number of hydrogen-bond donors (Lipinski definition) is 2. The summed E-state index contributed by atoms with van der Waals surface area (Å²) in [5.74, 6) is -2.09. The average Bonchev–Trinajstić information content (AvgIpc) is 3.21. The Kier molecular flexibility index (Phi) is 6.60. The molecule has 0 saturated heterocycles. The molecule has 1 saturated carbocycles. The lowest BCUT2D eigenvalue weighted by atomic mass is 10.1. The molecule has 0 bridgehead atoms. The van der Waals surface area contributed by atoms with E-state index in [-0.39, 0.29) is 10.6 Å². The van der Waals surface area contributed by atoms with Gasteiger partial charge >= 0.3 is 0 Å². The van der Waals surface area contributed by atoms with E-state index >= 15 is 0 Å². The zero-order valence-electron chi connectivity index (χ0n) is 18.5. The predicted molar refractivity (Wildman–Crippen MR) is 146 cm³/mol.